The zero-order chi connectivity index (χ0) is 13.0. The van der Waals surface area contributed by atoms with Crippen LogP contribution in [0.1, 0.15) is 12.0 Å². The van der Waals surface area contributed by atoms with Crippen LogP contribution in [0.15, 0.2) is 29.2 Å². The maximum absolute atomic E-state index is 10.6. The molecule has 0 aliphatic carbocycles. The topological polar surface area (TPSA) is 63.3 Å². The summed E-state index contributed by atoms with van der Waals surface area (Å²) in [5, 5.41) is 9.29. The monoisotopic (exact) mass is 283 g/mol. The molecule has 0 bridgehead atoms. The number of carboxylic acid groups (broad SMARTS) is 1. The normalized spacial score (nSPS) is 19.5. The van der Waals surface area contributed by atoms with Crippen LogP contribution >= 0.6 is 23.5 Å². The lowest BCUT2D eigenvalue weighted by molar-refractivity contribution is -0.138. The molecular weight excluding hydrogens is 266 g/mol. The summed E-state index contributed by atoms with van der Waals surface area (Å²) < 4.78 is 0. The largest absolute Gasteiger partial charge is 0.480 e. The van der Waals surface area contributed by atoms with Crippen LogP contribution in [0.3, 0.4) is 0 Å². The van der Waals surface area contributed by atoms with E-state index in [0.29, 0.717) is 11.7 Å². The molecule has 2 unspecified atom stereocenters. The second-order valence-electron chi connectivity index (χ2n) is 4.36. The molecule has 1 aliphatic rings. The smallest absolute Gasteiger partial charge is 0.320 e. The Morgan fingerprint density at radius 2 is 2.33 bits per heavy atom. The van der Waals surface area contributed by atoms with E-state index >= 15 is 0 Å². The third kappa shape index (κ3) is 3.67. The molecule has 0 aromatic heterocycles. The van der Waals surface area contributed by atoms with E-state index in [4.69, 9.17) is 10.8 Å². The lowest BCUT2D eigenvalue weighted by atomic mass is 10.1. The minimum atomic E-state index is -0.904. The van der Waals surface area contributed by atoms with Crippen molar-refractivity contribution in [1.29, 1.82) is 0 Å². The van der Waals surface area contributed by atoms with Crippen molar-refractivity contribution in [3.05, 3.63) is 29.8 Å². The van der Waals surface area contributed by atoms with Gasteiger partial charge in [-0.2, -0.15) is 11.8 Å². The summed E-state index contributed by atoms with van der Waals surface area (Å²) in [5.74, 6) is 0.977. The number of fused-ring (bicyclic) bond motifs is 1. The Bertz CT molecular complexity index is 400. The van der Waals surface area contributed by atoms with Crippen molar-refractivity contribution in [2.24, 2.45) is 5.73 Å². The van der Waals surface area contributed by atoms with Gasteiger partial charge in [0.2, 0.25) is 0 Å². The number of thioether (sulfide) groups is 2. The Kier molecular flexibility index (Phi) is 4.97. The number of rotatable bonds is 6. The molecule has 3 nitrogen and oxygen atoms in total. The average Bonchev–Trinajstić information content (AvgIpc) is 2.76. The van der Waals surface area contributed by atoms with Crippen LogP contribution in [0, 0.1) is 0 Å². The fraction of sp³-hybridized carbons (Fsp3) is 0.462. The van der Waals surface area contributed by atoms with E-state index in [-0.39, 0.29) is 0 Å². The highest BCUT2D eigenvalue weighted by atomic mass is 32.2. The van der Waals surface area contributed by atoms with Crippen LogP contribution in [0.25, 0.3) is 0 Å². The molecule has 0 saturated carbocycles. The maximum Gasteiger partial charge on any atom is 0.320 e. The zero-order valence-electron chi connectivity index (χ0n) is 10.0. The van der Waals surface area contributed by atoms with Gasteiger partial charge in [0.1, 0.15) is 6.04 Å². The Morgan fingerprint density at radius 1 is 1.56 bits per heavy atom. The van der Waals surface area contributed by atoms with Crippen LogP contribution in [0.2, 0.25) is 0 Å². The van der Waals surface area contributed by atoms with E-state index in [0.717, 1.165) is 17.9 Å². The average molecular weight is 283 g/mol. The second kappa shape index (κ2) is 6.50. The highest BCUT2D eigenvalue weighted by molar-refractivity contribution is 8.03. The molecule has 1 aromatic carbocycles. The Labute approximate surface area is 116 Å². The molecule has 1 aliphatic heterocycles. The number of hydrogen-bond acceptors (Lipinski definition) is 4. The first-order valence-electron chi connectivity index (χ1n) is 5.97. The van der Waals surface area contributed by atoms with Crippen molar-refractivity contribution >= 4 is 29.5 Å². The van der Waals surface area contributed by atoms with Gasteiger partial charge in [-0.05, 0) is 30.2 Å². The highest BCUT2D eigenvalue weighted by Crippen LogP contribution is 2.38. The lowest BCUT2D eigenvalue weighted by Gasteiger charge is -2.09. The van der Waals surface area contributed by atoms with Crippen molar-refractivity contribution in [1.82, 2.24) is 0 Å². The van der Waals surface area contributed by atoms with Gasteiger partial charge < -0.3 is 10.8 Å². The second-order valence-corrected chi connectivity index (χ2v) is 6.85. The molecule has 0 amide bonds. The molecule has 18 heavy (non-hydrogen) atoms. The molecule has 1 heterocycles. The van der Waals surface area contributed by atoms with Crippen LogP contribution in [0.4, 0.5) is 0 Å². The molecule has 3 N–H and O–H groups in total. The van der Waals surface area contributed by atoms with Crippen LogP contribution < -0.4 is 5.73 Å². The molecule has 0 radical (unpaired) electrons. The molecule has 0 fully saturated rings. The van der Waals surface area contributed by atoms with E-state index < -0.39 is 12.0 Å². The number of hydrogen-bond donors (Lipinski definition) is 2. The summed E-state index contributed by atoms with van der Waals surface area (Å²) in [6.07, 6.45) is 1.67. The predicted molar refractivity (Wildman–Crippen MR) is 77.3 cm³/mol. The van der Waals surface area contributed by atoms with Gasteiger partial charge in [-0.1, -0.05) is 18.2 Å². The van der Waals surface area contributed by atoms with Gasteiger partial charge in [-0.15, -0.1) is 11.8 Å². The number of benzene rings is 1. The van der Waals surface area contributed by atoms with E-state index in [1.165, 1.54) is 10.5 Å². The van der Waals surface area contributed by atoms with E-state index in [2.05, 4.69) is 24.3 Å². The van der Waals surface area contributed by atoms with Gasteiger partial charge in [0, 0.05) is 15.9 Å². The number of carbonyl (C=O) groups is 1. The van der Waals surface area contributed by atoms with Gasteiger partial charge in [0.25, 0.3) is 0 Å². The Hall–Kier alpha value is -0.650. The predicted octanol–water partition coefficient (Wildman–Crippen LogP) is 2.24. The van der Waals surface area contributed by atoms with E-state index in [9.17, 15) is 4.79 Å². The third-order valence-electron chi connectivity index (χ3n) is 2.91. The van der Waals surface area contributed by atoms with Crippen molar-refractivity contribution < 1.29 is 9.90 Å². The quantitative estimate of drug-likeness (QED) is 0.784. The first-order chi connectivity index (χ1) is 8.66. The van der Waals surface area contributed by atoms with Crippen molar-refractivity contribution in [3.63, 3.8) is 0 Å². The summed E-state index contributed by atoms with van der Waals surface area (Å²) in [6.45, 7) is 0. The molecular formula is C13H17NO2S2. The van der Waals surface area contributed by atoms with E-state index in [1.807, 2.05) is 11.8 Å². The summed E-state index contributed by atoms with van der Waals surface area (Å²) in [4.78, 5) is 12.0. The summed E-state index contributed by atoms with van der Waals surface area (Å²) in [6, 6.07) is 7.80. The summed E-state index contributed by atoms with van der Waals surface area (Å²) >= 11 is 3.74. The summed E-state index contributed by atoms with van der Waals surface area (Å²) in [7, 11) is 0. The van der Waals surface area contributed by atoms with Crippen molar-refractivity contribution in [2.75, 3.05) is 11.5 Å². The van der Waals surface area contributed by atoms with E-state index in [1.54, 1.807) is 11.8 Å². The lowest BCUT2D eigenvalue weighted by Crippen LogP contribution is -2.30. The first-order valence-corrected chi connectivity index (χ1v) is 8.01. The van der Waals surface area contributed by atoms with Crippen LogP contribution in [-0.4, -0.2) is 33.9 Å². The molecule has 5 heteroatoms. The zero-order valence-corrected chi connectivity index (χ0v) is 11.7. The molecule has 1 aromatic rings. The van der Waals surface area contributed by atoms with Crippen LogP contribution in [0.5, 0.6) is 0 Å². The first kappa shape index (κ1) is 13.8. The number of nitrogens with two attached hydrogens (primary N) is 1. The number of carboxylic acids is 1. The maximum atomic E-state index is 10.6. The molecule has 2 rings (SSSR count). The molecule has 2 atom stereocenters. The van der Waals surface area contributed by atoms with Gasteiger partial charge in [0.15, 0.2) is 0 Å². The van der Waals surface area contributed by atoms with Gasteiger partial charge >= 0.3 is 5.97 Å². The van der Waals surface area contributed by atoms with Gasteiger partial charge in [0.05, 0.1) is 0 Å². The Balaban J connectivity index is 1.67. The van der Waals surface area contributed by atoms with Crippen LogP contribution in [-0.2, 0) is 11.2 Å². The highest BCUT2D eigenvalue weighted by Gasteiger charge is 2.21. The van der Waals surface area contributed by atoms with Gasteiger partial charge in [-0.25, -0.2) is 0 Å². The fourth-order valence-electron chi connectivity index (χ4n) is 1.90. The SMILES string of the molecule is NC(CCSCC1Cc2ccccc2S1)C(=O)O. The molecule has 0 saturated heterocycles. The fourth-order valence-corrected chi connectivity index (χ4v) is 4.51. The minimum Gasteiger partial charge on any atom is -0.480 e. The van der Waals surface area contributed by atoms with Gasteiger partial charge in [-0.3, -0.25) is 4.79 Å². The molecule has 0 spiro atoms. The standard InChI is InChI=1S/C13H17NO2S2/c14-11(13(15)16)5-6-17-8-10-7-9-3-1-2-4-12(9)18-10/h1-4,10-11H,5-8,14H2,(H,15,16). The molecule has 98 valence electrons. The number of aliphatic carboxylic acids is 1. The third-order valence-corrected chi connectivity index (χ3v) is 5.60. The Morgan fingerprint density at radius 3 is 3.06 bits per heavy atom. The summed E-state index contributed by atoms with van der Waals surface area (Å²) in [5.41, 5.74) is 6.90. The van der Waals surface area contributed by atoms with Crippen molar-refractivity contribution in [2.45, 2.75) is 29.0 Å². The van der Waals surface area contributed by atoms with Crippen molar-refractivity contribution in [3.8, 4) is 0 Å². The minimum absolute atomic E-state index is 0.546.